The van der Waals surface area contributed by atoms with Crippen LogP contribution in [0.15, 0.2) is 66.7 Å². The molecule has 0 bridgehead atoms. The van der Waals surface area contributed by atoms with E-state index >= 15 is 0 Å². The van der Waals surface area contributed by atoms with E-state index in [9.17, 15) is 13.2 Å². The first-order valence-electron chi connectivity index (χ1n) is 9.29. The number of ether oxygens (including phenoxy) is 1. The highest BCUT2D eigenvalue weighted by Crippen LogP contribution is 2.27. The van der Waals surface area contributed by atoms with Gasteiger partial charge in [-0.2, -0.15) is 0 Å². The average molecular weight is 413 g/mol. The number of fused-ring (bicyclic) bond motifs is 1. The maximum atomic E-state index is 12.8. The van der Waals surface area contributed by atoms with Crippen molar-refractivity contribution in [2.24, 2.45) is 0 Å². The molecule has 152 valence electrons. The van der Waals surface area contributed by atoms with Gasteiger partial charge in [0.05, 0.1) is 11.9 Å². The third-order valence-corrected chi connectivity index (χ3v) is 5.86. The minimum atomic E-state index is -3.39. The molecule has 1 amide bonds. The fourth-order valence-electron chi connectivity index (χ4n) is 2.97. The molecule has 29 heavy (non-hydrogen) atoms. The molecule has 7 heteroatoms. The van der Waals surface area contributed by atoms with E-state index in [1.807, 2.05) is 49.4 Å². The molecule has 0 aliphatic carbocycles. The fraction of sp³-hybridized carbons (Fsp3) is 0.227. The number of carbonyl (C=O) groups excluding carboxylic acids is 1. The summed E-state index contributed by atoms with van der Waals surface area (Å²) in [6, 6.07) is 20.3. The standard InChI is InChI=1S/C22H24N2O4S/c1-4-20(28-21-14-7-10-16-9-5-6-13-19(16)21)22(25)23-17-11-8-12-18(15-17)24(2)29(3,26)27/h5-15,20H,4H2,1-3H3,(H,23,25)/t20-/m1/s1. The Hall–Kier alpha value is -3.06. The molecule has 0 aromatic heterocycles. The minimum Gasteiger partial charge on any atom is -0.480 e. The first-order valence-corrected chi connectivity index (χ1v) is 11.1. The highest BCUT2D eigenvalue weighted by Gasteiger charge is 2.20. The summed E-state index contributed by atoms with van der Waals surface area (Å²) in [6.07, 6.45) is 0.929. The van der Waals surface area contributed by atoms with Gasteiger partial charge < -0.3 is 10.1 Å². The summed E-state index contributed by atoms with van der Waals surface area (Å²) in [7, 11) is -1.92. The second-order valence-corrected chi connectivity index (χ2v) is 8.78. The molecule has 0 saturated heterocycles. The largest absolute Gasteiger partial charge is 0.480 e. The summed E-state index contributed by atoms with van der Waals surface area (Å²) in [5, 5.41) is 4.80. The molecule has 3 aromatic carbocycles. The van der Waals surface area contributed by atoms with E-state index in [1.54, 1.807) is 24.3 Å². The predicted molar refractivity (Wildman–Crippen MR) is 117 cm³/mol. The van der Waals surface area contributed by atoms with Gasteiger partial charge in [0.1, 0.15) is 5.75 Å². The Balaban J connectivity index is 1.78. The van der Waals surface area contributed by atoms with Crippen molar-refractivity contribution in [3.63, 3.8) is 0 Å². The van der Waals surface area contributed by atoms with E-state index in [0.29, 0.717) is 23.5 Å². The van der Waals surface area contributed by atoms with Gasteiger partial charge in [-0.15, -0.1) is 0 Å². The molecule has 0 fully saturated rings. The zero-order valence-corrected chi connectivity index (χ0v) is 17.4. The van der Waals surface area contributed by atoms with Gasteiger partial charge in [-0.05, 0) is 36.1 Å². The summed E-state index contributed by atoms with van der Waals surface area (Å²) in [5.74, 6) is 0.357. The highest BCUT2D eigenvalue weighted by atomic mass is 32.2. The summed E-state index contributed by atoms with van der Waals surface area (Å²) < 4.78 is 30.7. The Morgan fingerprint density at radius 3 is 2.48 bits per heavy atom. The van der Waals surface area contributed by atoms with E-state index in [-0.39, 0.29) is 5.91 Å². The maximum absolute atomic E-state index is 12.8. The van der Waals surface area contributed by atoms with Crippen LogP contribution >= 0.6 is 0 Å². The number of hydrogen-bond donors (Lipinski definition) is 1. The van der Waals surface area contributed by atoms with Crippen molar-refractivity contribution in [1.29, 1.82) is 0 Å². The molecule has 0 spiro atoms. The van der Waals surface area contributed by atoms with Crippen molar-refractivity contribution in [2.75, 3.05) is 22.9 Å². The second-order valence-electron chi connectivity index (χ2n) is 6.76. The van der Waals surface area contributed by atoms with Gasteiger partial charge in [-0.3, -0.25) is 9.10 Å². The number of amides is 1. The molecule has 0 aliphatic rings. The topological polar surface area (TPSA) is 75.7 Å². The zero-order chi connectivity index (χ0) is 21.0. The van der Waals surface area contributed by atoms with Crippen LogP contribution in [0.2, 0.25) is 0 Å². The Morgan fingerprint density at radius 1 is 1.07 bits per heavy atom. The van der Waals surface area contributed by atoms with Crippen molar-refractivity contribution >= 4 is 38.1 Å². The van der Waals surface area contributed by atoms with E-state index < -0.39 is 16.1 Å². The molecule has 0 saturated carbocycles. The molecular formula is C22H24N2O4S. The van der Waals surface area contributed by atoms with Crippen LogP contribution < -0.4 is 14.4 Å². The number of sulfonamides is 1. The number of carbonyl (C=O) groups is 1. The quantitative estimate of drug-likeness (QED) is 0.636. The number of benzene rings is 3. The van der Waals surface area contributed by atoms with E-state index in [1.165, 1.54) is 7.05 Å². The number of rotatable bonds is 7. The van der Waals surface area contributed by atoms with Crippen LogP contribution in [-0.4, -0.2) is 33.7 Å². The van der Waals surface area contributed by atoms with Crippen molar-refractivity contribution in [1.82, 2.24) is 0 Å². The van der Waals surface area contributed by atoms with Crippen LogP contribution in [0.4, 0.5) is 11.4 Å². The van der Waals surface area contributed by atoms with Gasteiger partial charge in [-0.25, -0.2) is 8.42 Å². The Kier molecular flexibility index (Phi) is 6.08. The molecule has 0 heterocycles. The van der Waals surface area contributed by atoms with Crippen molar-refractivity contribution in [3.05, 3.63) is 66.7 Å². The molecule has 1 N–H and O–H groups in total. The van der Waals surface area contributed by atoms with Crippen LogP contribution in [-0.2, 0) is 14.8 Å². The minimum absolute atomic E-state index is 0.292. The van der Waals surface area contributed by atoms with Gasteiger partial charge in [-0.1, -0.05) is 49.4 Å². The Labute approximate surface area is 171 Å². The predicted octanol–water partition coefficient (Wildman–Crippen LogP) is 4.03. The molecule has 0 aliphatic heterocycles. The third-order valence-electron chi connectivity index (χ3n) is 4.66. The smallest absolute Gasteiger partial charge is 0.265 e. The highest BCUT2D eigenvalue weighted by molar-refractivity contribution is 7.92. The zero-order valence-electron chi connectivity index (χ0n) is 16.6. The molecule has 3 rings (SSSR count). The Bertz CT molecular complexity index is 1120. The number of nitrogens with one attached hydrogen (secondary N) is 1. The summed E-state index contributed by atoms with van der Waals surface area (Å²) in [4.78, 5) is 12.8. The molecule has 0 unspecified atom stereocenters. The number of hydrogen-bond acceptors (Lipinski definition) is 4. The van der Waals surface area contributed by atoms with Crippen molar-refractivity contribution < 1.29 is 17.9 Å². The maximum Gasteiger partial charge on any atom is 0.265 e. The molecule has 3 aromatic rings. The van der Waals surface area contributed by atoms with Crippen molar-refractivity contribution in [3.8, 4) is 5.75 Å². The van der Waals surface area contributed by atoms with E-state index in [4.69, 9.17) is 4.74 Å². The average Bonchev–Trinajstić information content (AvgIpc) is 2.71. The lowest BCUT2D eigenvalue weighted by Gasteiger charge is -2.20. The molecule has 6 nitrogen and oxygen atoms in total. The Morgan fingerprint density at radius 2 is 1.76 bits per heavy atom. The van der Waals surface area contributed by atoms with Crippen LogP contribution in [0, 0.1) is 0 Å². The van der Waals surface area contributed by atoms with Crippen LogP contribution in [0.1, 0.15) is 13.3 Å². The van der Waals surface area contributed by atoms with Gasteiger partial charge in [0, 0.05) is 18.1 Å². The summed E-state index contributed by atoms with van der Waals surface area (Å²) >= 11 is 0. The number of anilines is 2. The lowest BCUT2D eigenvalue weighted by Crippen LogP contribution is -2.32. The normalized spacial score (nSPS) is 12.4. The molecular weight excluding hydrogens is 388 g/mol. The fourth-order valence-corrected chi connectivity index (χ4v) is 3.46. The lowest BCUT2D eigenvalue weighted by molar-refractivity contribution is -0.122. The summed E-state index contributed by atoms with van der Waals surface area (Å²) in [6.45, 7) is 1.88. The number of nitrogens with zero attached hydrogens (tertiary/aromatic N) is 1. The molecule has 0 radical (unpaired) electrons. The van der Waals surface area contributed by atoms with Crippen molar-refractivity contribution in [2.45, 2.75) is 19.4 Å². The van der Waals surface area contributed by atoms with Crippen LogP contribution in [0.5, 0.6) is 5.75 Å². The lowest BCUT2D eigenvalue weighted by atomic mass is 10.1. The van der Waals surface area contributed by atoms with Gasteiger partial charge >= 0.3 is 0 Å². The first-order chi connectivity index (χ1) is 13.8. The van der Waals surface area contributed by atoms with Gasteiger partial charge in [0.15, 0.2) is 6.10 Å². The van der Waals surface area contributed by atoms with E-state index in [2.05, 4.69) is 5.32 Å². The molecule has 1 atom stereocenters. The van der Waals surface area contributed by atoms with E-state index in [0.717, 1.165) is 21.3 Å². The summed E-state index contributed by atoms with van der Waals surface area (Å²) in [5.41, 5.74) is 0.969. The SMILES string of the molecule is CC[C@@H](Oc1cccc2ccccc12)C(=O)Nc1cccc(N(C)S(C)(=O)=O)c1. The monoisotopic (exact) mass is 412 g/mol. The van der Waals surface area contributed by atoms with Crippen LogP contribution in [0.3, 0.4) is 0 Å². The first kappa shape index (κ1) is 20.7. The van der Waals surface area contributed by atoms with Gasteiger partial charge in [0.25, 0.3) is 5.91 Å². The van der Waals surface area contributed by atoms with Gasteiger partial charge in [0.2, 0.25) is 10.0 Å². The van der Waals surface area contributed by atoms with Crippen LogP contribution in [0.25, 0.3) is 10.8 Å². The third kappa shape index (κ3) is 4.86. The second kappa shape index (κ2) is 8.53.